The zero-order chi connectivity index (χ0) is 7.68. The van der Waals surface area contributed by atoms with E-state index >= 15 is 0 Å². The lowest BCUT2D eigenvalue weighted by molar-refractivity contribution is -0.127. The van der Waals surface area contributed by atoms with Crippen molar-refractivity contribution in [1.82, 2.24) is 5.32 Å². The Morgan fingerprint density at radius 1 is 1.45 bits per heavy atom. The molecular formula is C8H13NO2. The van der Waals surface area contributed by atoms with Crippen LogP contribution in [0.4, 0.5) is 0 Å². The molecule has 1 amide bonds. The van der Waals surface area contributed by atoms with Crippen LogP contribution in [-0.4, -0.2) is 25.7 Å². The molecule has 2 atom stereocenters. The van der Waals surface area contributed by atoms with Gasteiger partial charge in [-0.1, -0.05) is 0 Å². The van der Waals surface area contributed by atoms with Gasteiger partial charge in [-0.05, 0) is 12.3 Å². The first-order valence-electron chi connectivity index (χ1n) is 4.20. The van der Waals surface area contributed by atoms with Crippen molar-refractivity contribution in [1.29, 1.82) is 0 Å². The molecule has 2 saturated heterocycles. The summed E-state index contributed by atoms with van der Waals surface area (Å²) in [6, 6.07) is 0. The summed E-state index contributed by atoms with van der Waals surface area (Å²) in [5.41, 5.74) is 0. The molecule has 1 N–H and O–H groups in total. The van der Waals surface area contributed by atoms with Crippen molar-refractivity contribution in [3.05, 3.63) is 0 Å². The fourth-order valence-corrected chi connectivity index (χ4v) is 1.89. The summed E-state index contributed by atoms with van der Waals surface area (Å²) in [5.74, 6) is 1.40. The van der Waals surface area contributed by atoms with Crippen LogP contribution in [0.3, 0.4) is 0 Å². The molecule has 0 aromatic rings. The van der Waals surface area contributed by atoms with Gasteiger partial charge in [-0.15, -0.1) is 0 Å². The number of rotatable bonds is 0. The number of fused-ring (bicyclic) bond motifs is 1. The fraction of sp³-hybridized carbons (Fsp3) is 0.875. The maximum absolute atomic E-state index is 11.0. The molecule has 2 fully saturated rings. The minimum Gasteiger partial charge on any atom is -0.381 e. The molecule has 3 nitrogen and oxygen atoms in total. The Bertz CT molecular complexity index is 169. The number of hydrogen-bond donors (Lipinski definition) is 1. The van der Waals surface area contributed by atoms with Gasteiger partial charge >= 0.3 is 0 Å². The van der Waals surface area contributed by atoms with E-state index < -0.39 is 0 Å². The number of nitrogens with one attached hydrogen (secondary N) is 1. The number of ether oxygens (including phenoxy) is 1. The molecule has 2 unspecified atom stereocenters. The van der Waals surface area contributed by atoms with Crippen LogP contribution in [-0.2, 0) is 9.53 Å². The first-order chi connectivity index (χ1) is 5.36. The summed E-state index contributed by atoms with van der Waals surface area (Å²) in [5, 5.41) is 2.86. The zero-order valence-corrected chi connectivity index (χ0v) is 6.51. The van der Waals surface area contributed by atoms with E-state index in [0.717, 1.165) is 26.2 Å². The summed E-state index contributed by atoms with van der Waals surface area (Å²) in [6.07, 6.45) is 1.78. The summed E-state index contributed by atoms with van der Waals surface area (Å²) < 4.78 is 5.32. The Morgan fingerprint density at radius 2 is 2.36 bits per heavy atom. The Hall–Kier alpha value is -0.570. The Kier molecular flexibility index (Phi) is 1.82. The van der Waals surface area contributed by atoms with Gasteiger partial charge in [-0.2, -0.15) is 0 Å². The van der Waals surface area contributed by atoms with Crippen molar-refractivity contribution in [2.45, 2.75) is 12.8 Å². The minimum absolute atomic E-state index is 0.216. The van der Waals surface area contributed by atoms with Crippen LogP contribution in [0.25, 0.3) is 0 Å². The van der Waals surface area contributed by atoms with Gasteiger partial charge in [-0.3, -0.25) is 4.79 Å². The first kappa shape index (κ1) is 7.10. The molecule has 0 radical (unpaired) electrons. The van der Waals surface area contributed by atoms with Gasteiger partial charge in [0.2, 0.25) is 5.91 Å². The van der Waals surface area contributed by atoms with E-state index in [0.29, 0.717) is 18.3 Å². The third-order valence-electron chi connectivity index (χ3n) is 2.64. The van der Waals surface area contributed by atoms with Gasteiger partial charge in [0.15, 0.2) is 0 Å². The van der Waals surface area contributed by atoms with Crippen molar-refractivity contribution in [3.63, 3.8) is 0 Å². The largest absolute Gasteiger partial charge is 0.381 e. The number of piperidine rings is 1. The molecule has 11 heavy (non-hydrogen) atoms. The summed E-state index contributed by atoms with van der Waals surface area (Å²) in [4.78, 5) is 11.0. The van der Waals surface area contributed by atoms with Crippen molar-refractivity contribution < 1.29 is 9.53 Å². The molecule has 2 aliphatic rings. The number of amides is 1. The molecule has 3 heteroatoms. The highest BCUT2D eigenvalue weighted by Crippen LogP contribution is 2.26. The minimum atomic E-state index is 0.216. The van der Waals surface area contributed by atoms with Crippen molar-refractivity contribution in [2.24, 2.45) is 11.8 Å². The summed E-state index contributed by atoms with van der Waals surface area (Å²) in [6.45, 7) is 2.50. The first-order valence-corrected chi connectivity index (χ1v) is 4.20. The highest BCUT2D eigenvalue weighted by Gasteiger charge is 2.31. The third-order valence-corrected chi connectivity index (χ3v) is 2.64. The molecule has 0 bridgehead atoms. The molecule has 0 aliphatic carbocycles. The highest BCUT2D eigenvalue weighted by atomic mass is 16.5. The van der Waals surface area contributed by atoms with Gasteiger partial charge in [0.25, 0.3) is 0 Å². The van der Waals surface area contributed by atoms with Crippen LogP contribution < -0.4 is 5.32 Å². The number of carbonyl (C=O) groups is 1. The molecule has 2 rings (SSSR count). The Labute approximate surface area is 66.1 Å². The smallest absolute Gasteiger partial charge is 0.220 e. The van der Waals surface area contributed by atoms with Crippen molar-refractivity contribution >= 4 is 5.91 Å². The van der Waals surface area contributed by atoms with Crippen LogP contribution in [0, 0.1) is 11.8 Å². The molecular weight excluding hydrogens is 142 g/mol. The third kappa shape index (κ3) is 1.38. The molecule has 0 spiro atoms. The van der Waals surface area contributed by atoms with Gasteiger partial charge in [0.1, 0.15) is 0 Å². The van der Waals surface area contributed by atoms with Crippen LogP contribution in [0.1, 0.15) is 12.8 Å². The van der Waals surface area contributed by atoms with Crippen molar-refractivity contribution in [3.8, 4) is 0 Å². The topological polar surface area (TPSA) is 38.3 Å². The standard InChI is InChI=1S/C8H13NO2/c10-8-3-6-1-2-11-5-7(6)4-9-8/h6-7H,1-5H2,(H,9,10). The maximum atomic E-state index is 11.0. The van der Waals surface area contributed by atoms with Crippen molar-refractivity contribution in [2.75, 3.05) is 19.8 Å². The lowest BCUT2D eigenvalue weighted by Crippen LogP contribution is -2.45. The van der Waals surface area contributed by atoms with Gasteiger partial charge in [0, 0.05) is 25.5 Å². The van der Waals surface area contributed by atoms with Crippen LogP contribution in [0.15, 0.2) is 0 Å². The zero-order valence-electron chi connectivity index (χ0n) is 6.51. The predicted molar refractivity (Wildman–Crippen MR) is 40.0 cm³/mol. The quantitative estimate of drug-likeness (QED) is 0.541. The second kappa shape index (κ2) is 2.81. The summed E-state index contributed by atoms with van der Waals surface area (Å²) >= 11 is 0. The van der Waals surface area contributed by atoms with Crippen LogP contribution in [0.2, 0.25) is 0 Å². The van der Waals surface area contributed by atoms with E-state index in [1.807, 2.05) is 0 Å². The average Bonchev–Trinajstić information content (AvgIpc) is 2.04. The predicted octanol–water partition coefficient (Wildman–Crippen LogP) is 0.159. The normalized spacial score (nSPS) is 37.6. The lowest BCUT2D eigenvalue weighted by Gasteiger charge is -2.34. The maximum Gasteiger partial charge on any atom is 0.220 e. The molecule has 2 heterocycles. The summed E-state index contributed by atoms with van der Waals surface area (Å²) in [7, 11) is 0. The Morgan fingerprint density at radius 3 is 3.27 bits per heavy atom. The fourth-order valence-electron chi connectivity index (χ4n) is 1.89. The van der Waals surface area contributed by atoms with E-state index in [1.54, 1.807) is 0 Å². The van der Waals surface area contributed by atoms with E-state index in [4.69, 9.17) is 4.74 Å². The SMILES string of the molecule is O=C1CC2CCOCC2CN1. The molecule has 0 aromatic heterocycles. The monoisotopic (exact) mass is 155 g/mol. The van der Waals surface area contributed by atoms with E-state index in [2.05, 4.69) is 5.32 Å². The average molecular weight is 155 g/mol. The highest BCUT2D eigenvalue weighted by molar-refractivity contribution is 5.77. The van der Waals surface area contributed by atoms with Gasteiger partial charge in [0.05, 0.1) is 6.61 Å². The van der Waals surface area contributed by atoms with E-state index in [1.165, 1.54) is 0 Å². The molecule has 62 valence electrons. The second-order valence-corrected chi connectivity index (χ2v) is 3.39. The van der Waals surface area contributed by atoms with Gasteiger partial charge in [-0.25, -0.2) is 0 Å². The second-order valence-electron chi connectivity index (χ2n) is 3.39. The molecule has 2 aliphatic heterocycles. The number of carbonyl (C=O) groups excluding carboxylic acids is 1. The van der Waals surface area contributed by atoms with E-state index in [9.17, 15) is 4.79 Å². The van der Waals surface area contributed by atoms with Gasteiger partial charge < -0.3 is 10.1 Å². The van der Waals surface area contributed by atoms with Crippen LogP contribution >= 0.6 is 0 Å². The molecule has 0 aromatic carbocycles. The van der Waals surface area contributed by atoms with E-state index in [-0.39, 0.29) is 5.91 Å². The molecule has 0 saturated carbocycles. The Balaban J connectivity index is 1.98. The van der Waals surface area contributed by atoms with Crippen LogP contribution in [0.5, 0.6) is 0 Å². The lowest BCUT2D eigenvalue weighted by atomic mass is 9.83. The number of hydrogen-bond acceptors (Lipinski definition) is 2.